The molecule has 0 unspecified atom stereocenters. The highest BCUT2D eigenvalue weighted by atomic mass is 19.4. The number of halogens is 3. The van der Waals surface area contributed by atoms with Gasteiger partial charge in [-0.3, -0.25) is 4.79 Å². The first-order chi connectivity index (χ1) is 9.31. The lowest BCUT2D eigenvalue weighted by molar-refractivity contribution is -0.126. The monoisotopic (exact) mass is 290 g/mol. The predicted octanol–water partition coefficient (Wildman–Crippen LogP) is 2.48. The minimum Gasteiger partial charge on any atom is -0.494 e. The van der Waals surface area contributed by atoms with Gasteiger partial charge in [0.1, 0.15) is 5.75 Å². The number of alkyl halides is 3. The molecule has 1 rings (SSSR count). The number of nitrogens with one attached hydrogen (secondary N) is 2. The molecule has 0 atom stereocenters. The minimum atomic E-state index is -4.32. The third kappa shape index (κ3) is 5.92. The maximum Gasteiger partial charge on any atom is 0.401 e. The topological polar surface area (TPSA) is 50.4 Å². The maximum atomic E-state index is 11.9. The van der Waals surface area contributed by atoms with Crippen LogP contribution in [0.15, 0.2) is 18.2 Å². The highest BCUT2D eigenvalue weighted by molar-refractivity contribution is 5.93. The van der Waals surface area contributed by atoms with Crippen LogP contribution in [0.1, 0.15) is 12.5 Å². The summed E-state index contributed by atoms with van der Waals surface area (Å²) in [6.07, 6.45) is -4.32. The summed E-state index contributed by atoms with van der Waals surface area (Å²) in [5.74, 6) is 0.153. The Balaban J connectivity index is 2.49. The Kier molecular flexibility index (Phi) is 5.82. The zero-order valence-corrected chi connectivity index (χ0v) is 11.3. The summed E-state index contributed by atoms with van der Waals surface area (Å²) in [5, 5.41) is 4.58. The van der Waals surface area contributed by atoms with Gasteiger partial charge >= 0.3 is 6.18 Å². The van der Waals surface area contributed by atoms with E-state index in [2.05, 4.69) is 5.32 Å². The molecule has 4 nitrogen and oxygen atoms in total. The van der Waals surface area contributed by atoms with Crippen LogP contribution in [0.3, 0.4) is 0 Å². The van der Waals surface area contributed by atoms with Crippen LogP contribution in [0.4, 0.5) is 18.9 Å². The molecule has 20 heavy (non-hydrogen) atoms. The van der Waals surface area contributed by atoms with Crippen LogP contribution in [0.25, 0.3) is 0 Å². The summed E-state index contributed by atoms with van der Waals surface area (Å²) in [4.78, 5) is 11.5. The van der Waals surface area contributed by atoms with Crippen molar-refractivity contribution >= 4 is 11.6 Å². The van der Waals surface area contributed by atoms with Crippen molar-refractivity contribution in [2.45, 2.75) is 20.0 Å². The summed E-state index contributed by atoms with van der Waals surface area (Å²) >= 11 is 0. The Morgan fingerprint density at radius 1 is 1.35 bits per heavy atom. The molecule has 0 aliphatic rings. The molecule has 1 amide bonds. The molecule has 7 heteroatoms. The van der Waals surface area contributed by atoms with E-state index in [9.17, 15) is 18.0 Å². The molecule has 2 N–H and O–H groups in total. The van der Waals surface area contributed by atoms with Crippen LogP contribution in [-0.4, -0.2) is 31.8 Å². The number of rotatable bonds is 6. The zero-order valence-electron chi connectivity index (χ0n) is 11.3. The third-order valence-corrected chi connectivity index (χ3v) is 2.39. The molecule has 0 aliphatic carbocycles. The number of anilines is 1. The Morgan fingerprint density at radius 3 is 2.60 bits per heavy atom. The van der Waals surface area contributed by atoms with Gasteiger partial charge in [0.25, 0.3) is 0 Å². The number of ether oxygens (including phenoxy) is 1. The van der Waals surface area contributed by atoms with E-state index in [-0.39, 0.29) is 0 Å². The summed E-state index contributed by atoms with van der Waals surface area (Å²) in [6.45, 7) is 2.58. The van der Waals surface area contributed by atoms with Crippen LogP contribution < -0.4 is 15.4 Å². The van der Waals surface area contributed by atoms with Crippen LogP contribution in [0.2, 0.25) is 0 Å². The number of hydrogen-bond acceptors (Lipinski definition) is 3. The van der Waals surface area contributed by atoms with Gasteiger partial charge in [0.15, 0.2) is 0 Å². The highest BCUT2D eigenvalue weighted by Crippen LogP contribution is 2.21. The average molecular weight is 290 g/mol. The predicted molar refractivity (Wildman–Crippen MR) is 69.9 cm³/mol. The molecule has 0 spiro atoms. The van der Waals surface area contributed by atoms with Gasteiger partial charge in [-0.1, -0.05) is 0 Å². The Hall–Kier alpha value is -1.76. The standard InChI is InChI=1S/C13H17F3N2O2/c1-3-20-10-4-5-11(9(2)6-10)18-12(19)7-17-8-13(14,15)16/h4-6,17H,3,7-8H2,1-2H3,(H,18,19). The fourth-order valence-electron chi connectivity index (χ4n) is 1.55. The number of carbonyl (C=O) groups excluding carboxylic acids is 1. The first kappa shape index (κ1) is 16.3. The molecule has 0 fully saturated rings. The molecule has 0 aliphatic heterocycles. The first-order valence-electron chi connectivity index (χ1n) is 6.12. The van der Waals surface area contributed by atoms with Crippen LogP contribution in [0.5, 0.6) is 5.75 Å². The lowest BCUT2D eigenvalue weighted by atomic mass is 10.2. The molecular formula is C13H17F3N2O2. The second-order valence-corrected chi connectivity index (χ2v) is 4.18. The lowest BCUT2D eigenvalue weighted by Crippen LogP contribution is -2.35. The number of hydrogen-bond donors (Lipinski definition) is 2. The Morgan fingerprint density at radius 2 is 2.05 bits per heavy atom. The minimum absolute atomic E-state index is 0.397. The van der Waals surface area contributed by atoms with Gasteiger partial charge in [-0.05, 0) is 37.6 Å². The van der Waals surface area contributed by atoms with Gasteiger partial charge < -0.3 is 15.4 Å². The summed E-state index contributed by atoms with van der Waals surface area (Å²) < 4.78 is 41.0. The molecule has 112 valence electrons. The average Bonchev–Trinajstić information content (AvgIpc) is 2.31. The van der Waals surface area contributed by atoms with Gasteiger partial charge in [-0.15, -0.1) is 0 Å². The fourth-order valence-corrected chi connectivity index (χ4v) is 1.55. The smallest absolute Gasteiger partial charge is 0.401 e. The van der Waals surface area contributed by atoms with Gasteiger partial charge in [-0.2, -0.15) is 13.2 Å². The van der Waals surface area contributed by atoms with Crippen molar-refractivity contribution in [2.75, 3.05) is 25.0 Å². The summed E-state index contributed by atoms with van der Waals surface area (Å²) in [6, 6.07) is 5.10. The number of benzene rings is 1. The number of amides is 1. The number of aryl methyl sites for hydroxylation is 1. The molecule has 0 heterocycles. The SMILES string of the molecule is CCOc1ccc(NC(=O)CNCC(F)(F)F)c(C)c1. The van der Waals surface area contributed by atoms with E-state index in [1.807, 2.05) is 12.2 Å². The molecule has 1 aromatic rings. The second kappa shape index (κ2) is 7.14. The van der Waals surface area contributed by atoms with Crippen molar-refractivity contribution in [1.29, 1.82) is 0 Å². The molecule has 0 radical (unpaired) electrons. The molecule has 1 aromatic carbocycles. The lowest BCUT2D eigenvalue weighted by Gasteiger charge is -2.11. The zero-order chi connectivity index (χ0) is 15.2. The molecule has 0 saturated carbocycles. The van der Waals surface area contributed by atoms with Crippen molar-refractivity contribution in [3.63, 3.8) is 0 Å². The molecule has 0 aromatic heterocycles. The van der Waals surface area contributed by atoms with E-state index in [0.29, 0.717) is 18.0 Å². The van der Waals surface area contributed by atoms with Gasteiger partial charge in [-0.25, -0.2) is 0 Å². The maximum absolute atomic E-state index is 11.9. The molecular weight excluding hydrogens is 273 g/mol. The summed E-state index contributed by atoms with van der Waals surface area (Å²) in [5.41, 5.74) is 1.33. The van der Waals surface area contributed by atoms with E-state index < -0.39 is 25.2 Å². The Bertz CT molecular complexity index is 461. The normalized spacial score (nSPS) is 11.2. The van der Waals surface area contributed by atoms with Crippen molar-refractivity contribution in [2.24, 2.45) is 0 Å². The first-order valence-corrected chi connectivity index (χ1v) is 6.12. The van der Waals surface area contributed by atoms with Crippen molar-refractivity contribution in [3.05, 3.63) is 23.8 Å². The number of carbonyl (C=O) groups is 1. The summed E-state index contributed by atoms with van der Waals surface area (Å²) in [7, 11) is 0. The molecule has 0 bridgehead atoms. The van der Waals surface area contributed by atoms with Crippen LogP contribution in [-0.2, 0) is 4.79 Å². The van der Waals surface area contributed by atoms with Crippen LogP contribution in [0, 0.1) is 6.92 Å². The van der Waals surface area contributed by atoms with E-state index in [4.69, 9.17) is 4.74 Å². The largest absolute Gasteiger partial charge is 0.494 e. The van der Waals surface area contributed by atoms with E-state index >= 15 is 0 Å². The van der Waals surface area contributed by atoms with Crippen molar-refractivity contribution < 1.29 is 22.7 Å². The quantitative estimate of drug-likeness (QED) is 0.846. The van der Waals surface area contributed by atoms with Gasteiger partial charge in [0.05, 0.1) is 19.7 Å². The van der Waals surface area contributed by atoms with Gasteiger partial charge in [0.2, 0.25) is 5.91 Å². The fraction of sp³-hybridized carbons (Fsp3) is 0.462. The van der Waals surface area contributed by atoms with E-state index in [1.165, 1.54) is 0 Å². The van der Waals surface area contributed by atoms with Crippen LogP contribution >= 0.6 is 0 Å². The molecule has 0 saturated heterocycles. The van der Waals surface area contributed by atoms with E-state index in [0.717, 1.165) is 5.56 Å². The second-order valence-electron chi connectivity index (χ2n) is 4.18. The van der Waals surface area contributed by atoms with Gasteiger partial charge in [0, 0.05) is 5.69 Å². The highest BCUT2D eigenvalue weighted by Gasteiger charge is 2.26. The third-order valence-electron chi connectivity index (χ3n) is 2.39. The van der Waals surface area contributed by atoms with Crippen molar-refractivity contribution in [1.82, 2.24) is 5.32 Å². The van der Waals surface area contributed by atoms with Crippen molar-refractivity contribution in [3.8, 4) is 5.75 Å². The van der Waals surface area contributed by atoms with E-state index in [1.54, 1.807) is 25.1 Å². The Labute approximate surface area is 115 Å².